The molecule has 0 fully saturated rings. The highest BCUT2D eigenvalue weighted by Crippen LogP contribution is 2.20. The molecule has 2 nitrogen and oxygen atoms in total. The Labute approximate surface area is 108 Å². The summed E-state index contributed by atoms with van der Waals surface area (Å²) < 4.78 is 27.2. The largest absolute Gasteiger partial charge is 0.309 e. The zero-order chi connectivity index (χ0) is 13.9. The Morgan fingerprint density at radius 1 is 1.17 bits per heavy atom. The van der Waals surface area contributed by atoms with Crippen molar-refractivity contribution in [3.8, 4) is 0 Å². The van der Waals surface area contributed by atoms with Crippen molar-refractivity contribution in [2.24, 2.45) is 0 Å². The molecule has 0 aliphatic heterocycles. The maximum atomic E-state index is 13.7. The molecule has 1 aromatic rings. The van der Waals surface area contributed by atoms with Gasteiger partial charge in [-0.25, -0.2) is 8.78 Å². The predicted octanol–water partition coefficient (Wildman–Crippen LogP) is 2.87. The Morgan fingerprint density at radius 2 is 1.78 bits per heavy atom. The van der Waals surface area contributed by atoms with Gasteiger partial charge in [-0.2, -0.15) is 0 Å². The zero-order valence-electron chi connectivity index (χ0n) is 11.7. The number of hydrogen-bond donors (Lipinski definition) is 1. The summed E-state index contributed by atoms with van der Waals surface area (Å²) in [6.45, 7) is 6.21. The average molecular weight is 256 g/mol. The van der Waals surface area contributed by atoms with Gasteiger partial charge in [0.25, 0.3) is 0 Å². The van der Waals surface area contributed by atoms with Crippen LogP contribution in [0, 0.1) is 18.6 Å². The normalized spacial score (nSPS) is 14.9. The molecule has 0 radical (unpaired) electrons. The minimum Gasteiger partial charge on any atom is -0.309 e. The van der Waals surface area contributed by atoms with Gasteiger partial charge < -0.3 is 10.2 Å². The Kier molecular flexibility index (Phi) is 5.23. The van der Waals surface area contributed by atoms with Crippen LogP contribution in [0.25, 0.3) is 0 Å². The first-order chi connectivity index (χ1) is 8.32. The first-order valence-electron chi connectivity index (χ1n) is 6.18. The van der Waals surface area contributed by atoms with Crippen molar-refractivity contribution in [3.63, 3.8) is 0 Å². The molecule has 0 amide bonds. The van der Waals surface area contributed by atoms with Crippen LogP contribution in [0.15, 0.2) is 12.1 Å². The van der Waals surface area contributed by atoms with E-state index >= 15 is 0 Å². The van der Waals surface area contributed by atoms with Gasteiger partial charge in [-0.3, -0.25) is 0 Å². The lowest BCUT2D eigenvalue weighted by Gasteiger charge is -2.23. The summed E-state index contributed by atoms with van der Waals surface area (Å²) in [6, 6.07) is 2.66. The van der Waals surface area contributed by atoms with Crippen LogP contribution in [0.1, 0.15) is 31.0 Å². The second-order valence-corrected chi connectivity index (χ2v) is 5.07. The van der Waals surface area contributed by atoms with Crippen molar-refractivity contribution in [1.82, 2.24) is 10.2 Å². The molecule has 0 aliphatic rings. The molecule has 0 bridgehead atoms. The molecule has 4 heteroatoms. The smallest absolute Gasteiger partial charge is 0.128 e. The average Bonchev–Trinajstić information content (AvgIpc) is 2.30. The maximum Gasteiger partial charge on any atom is 0.128 e. The lowest BCUT2D eigenvalue weighted by atomic mass is 10.0. The topological polar surface area (TPSA) is 15.3 Å². The van der Waals surface area contributed by atoms with Crippen LogP contribution in [0.4, 0.5) is 8.78 Å². The van der Waals surface area contributed by atoms with Crippen LogP contribution in [-0.4, -0.2) is 31.6 Å². The molecule has 18 heavy (non-hydrogen) atoms. The number of nitrogens with zero attached hydrogens (tertiary/aromatic N) is 1. The molecular formula is C14H22F2N2. The van der Waals surface area contributed by atoms with Gasteiger partial charge in [-0.15, -0.1) is 0 Å². The van der Waals surface area contributed by atoms with Gasteiger partial charge in [0.05, 0.1) is 0 Å². The standard InChI is InChI=1S/C14H22F2N2/c1-9-6-14(16)12(7-13(9)15)11(3)17-8-10(2)18(4)5/h6-7,10-11,17H,8H2,1-5H3. The van der Waals surface area contributed by atoms with E-state index in [0.717, 1.165) is 6.54 Å². The van der Waals surface area contributed by atoms with Crippen molar-refractivity contribution in [2.75, 3.05) is 20.6 Å². The Bertz CT molecular complexity index is 405. The molecule has 2 atom stereocenters. The summed E-state index contributed by atoms with van der Waals surface area (Å²) >= 11 is 0. The number of rotatable bonds is 5. The van der Waals surface area contributed by atoms with E-state index in [2.05, 4.69) is 17.1 Å². The van der Waals surface area contributed by atoms with Gasteiger partial charge in [0.1, 0.15) is 11.6 Å². The molecule has 2 unspecified atom stereocenters. The van der Waals surface area contributed by atoms with Gasteiger partial charge in [0, 0.05) is 24.2 Å². The Hall–Kier alpha value is -1.00. The molecular weight excluding hydrogens is 234 g/mol. The highest BCUT2D eigenvalue weighted by Gasteiger charge is 2.14. The van der Waals surface area contributed by atoms with Gasteiger partial charge in [-0.05, 0) is 52.6 Å². The van der Waals surface area contributed by atoms with E-state index in [-0.39, 0.29) is 17.7 Å². The summed E-state index contributed by atoms with van der Waals surface area (Å²) in [5.41, 5.74) is 0.717. The number of likely N-dealkylation sites (N-methyl/N-ethyl adjacent to an activating group) is 1. The zero-order valence-corrected chi connectivity index (χ0v) is 11.7. The molecule has 1 rings (SSSR count). The fraction of sp³-hybridized carbons (Fsp3) is 0.571. The summed E-state index contributed by atoms with van der Waals surface area (Å²) in [4.78, 5) is 2.08. The second-order valence-electron chi connectivity index (χ2n) is 5.07. The molecule has 0 heterocycles. The van der Waals surface area contributed by atoms with E-state index in [4.69, 9.17) is 0 Å². The third kappa shape index (κ3) is 3.75. The number of hydrogen-bond acceptors (Lipinski definition) is 2. The Morgan fingerprint density at radius 3 is 2.33 bits per heavy atom. The van der Waals surface area contributed by atoms with Crippen molar-refractivity contribution in [2.45, 2.75) is 32.9 Å². The van der Waals surface area contributed by atoms with Crippen molar-refractivity contribution in [1.29, 1.82) is 0 Å². The van der Waals surface area contributed by atoms with E-state index in [1.165, 1.54) is 12.1 Å². The SMILES string of the molecule is Cc1cc(F)c(C(C)NCC(C)N(C)C)cc1F. The second kappa shape index (κ2) is 6.25. The lowest BCUT2D eigenvalue weighted by Crippen LogP contribution is -2.36. The van der Waals surface area contributed by atoms with Gasteiger partial charge in [0.2, 0.25) is 0 Å². The highest BCUT2D eigenvalue weighted by molar-refractivity contribution is 5.27. The van der Waals surface area contributed by atoms with Crippen LogP contribution >= 0.6 is 0 Å². The number of nitrogens with one attached hydrogen (secondary N) is 1. The minimum atomic E-state index is -0.360. The van der Waals surface area contributed by atoms with Gasteiger partial charge in [-0.1, -0.05) is 0 Å². The van der Waals surface area contributed by atoms with Gasteiger partial charge >= 0.3 is 0 Å². The van der Waals surface area contributed by atoms with Crippen LogP contribution in [0.2, 0.25) is 0 Å². The van der Waals surface area contributed by atoms with Crippen molar-refractivity contribution in [3.05, 3.63) is 34.9 Å². The fourth-order valence-corrected chi connectivity index (χ4v) is 1.63. The van der Waals surface area contributed by atoms with Crippen molar-refractivity contribution < 1.29 is 8.78 Å². The fourth-order valence-electron chi connectivity index (χ4n) is 1.63. The van der Waals surface area contributed by atoms with E-state index in [1.807, 2.05) is 21.0 Å². The third-order valence-corrected chi connectivity index (χ3v) is 3.35. The van der Waals surface area contributed by atoms with E-state index in [0.29, 0.717) is 17.2 Å². The first-order valence-corrected chi connectivity index (χ1v) is 6.18. The maximum absolute atomic E-state index is 13.7. The molecule has 1 N–H and O–H groups in total. The summed E-state index contributed by atoms with van der Waals surface area (Å²) in [7, 11) is 3.98. The van der Waals surface area contributed by atoms with Crippen molar-refractivity contribution >= 4 is 0 Å². The van der Waals surface area contributed by atoms with Gasteiger partial charge in [0.15, 0.2) is 0 Å². The Balaban J connectivity index is 2.72. The quantitative estimate of drug-likeness (QED) is 0.871. The molecule has 0 saturated carbocycles. The monoisotopic (exact) mass is 256 g/mol. The number of halogens is 2. The highest BCUT2D eigenvalue weighted by atomic mass is 19.1. The van der Waals surface area contributed by atoms with Crippen LogP contribution in [0.3, 0.4) is 0 Å². The lowest BCUT2D eigenvalue weighted by molar-refractivity contribution is 0.295. The molecule has 0 spiro atoms. The van der Waals surface area contributed by atoms with Crippen LogP contribution < -0.4 is 5.32 Å². The third-order valence-electron chi connectivity index (χ3n) is 3.35. The predicted molar refractivity (Wildman–Crippen MR) is 70.7 cm³/mol. The molecule has 1 aromatic carbocycles. The van der Waals surface area contributed by atoms with Crippen LogP contribution in [-0.2, 0) is 0 Å². The first kappa shape index (κ1) is 15.1. The molecule has 0 saturated heterocycles. The molecule has 0 aliphatic carbocycles. The summed E-state index contributed by atoms with van der Waals surface area (Å²) in [6.07, 6.45) is 0. The molecule has 102 valence electrons. The molecule has 0 aromatic heterocycles. The summed E-state index contributed by atoms with van der Waals surface area (Å²) in [5.74, 6) is -0.716. The van der Waals surface area contributed by atoms with E-state index < -0.39 is 0 Å². The van der Waals surface area contributed by atoms with E-state index in [9.17, 15) is 8.78 Å². The summed E-state index contributed by atoms with van der Waals surface area (Å²) in [5, 5.41) is 3.22. The number of aryl methyl sites for hydroxylation is 1. The minimum absolute atomic E-state index is 0.206. The van der Waals surface area contributed by atoms with E-state index in [1.54, 1.807) is 6.92 Å². The number of benzene rings is 1. The van der Waals surface area contributed by atoms with Crippen LogP contribution in [0.5, 0.6) is 0 Å².